The van der Waals surface area contributed by atoms with Crippen LogP contribution in [0.4, 0.5) is 5.82 Å². The second kappa shape index (κ2) is 7.17. The van der Waals surface area contributed by atoms with Crippen molar-refractivity contribution in [1.82, 2.24) is 19.9 Å². The minimum absolute atomic E-state index is 0.0400. The van der Waals surface area contributed by atoms with Crippen LogP contribution in [0.5, 0.6) is 0 Å². The van der Waals surface area contributed by atoms with Crippen LogP contribution in [0.15, 0.2) is 43.1 Å². The molecule has 130 valence electrons. The molecule has 4 rings (SSSR count). The van der Waals surface area contributed by atoms with Crippen LogP contribution in [0, 0.1) is 5.92 Å². The van der Waals surface area contributed by atoms with E-state index >= 15 is 0 Å². The number of nitrogens with zero attached hydrogens (tertiary/aromatic N) is 5. The Balaban J connectivity index is 1.48. The predicted molar refractivity (Wildman–Crippen MR) is 94.9 cm³/mol. The first-order valence-electron chi connectivity index (χ1n) is 9.04. The summed E-state index contributed by atoms with van der Waals surface area (Å²) in [6.45, 7) is 2.53. The molecule has 0 unspecified atom stereocenters. The zero-order chi connectivity index (χ0) is 17.1. The molecule has 4 heterocycles. The lowest BCUT2D eigenvalue weighted by molar-refractivity contribution is -0.136. The quantitative estimate of drug-likeness (QED) is 0.861. The lowest BCUT2D eigenvalue weighted by atomic mass is 9.95. The molecule has 2 aliphatic rings. The molecule has 6 nitrogen and oxygen atoms in total. The van der Waals surface area contributed by atoms with Gasteiger partial charge >= 0.3 is 0 Å². The third kappa shape index (κ3) is 3.34. The molecule has 2 aliphatic heterocycles. The number of anilines is 1. The van der Waals surface area contributed by atoms with Gasteiger partial charge in [-0.05, 0) is 43.4 Å². The number of amides is 1. The van der Waals surface area contributed by atoms with Gasteiger partial charge in [0.1, 0.15) is 5.82 Å². The second-order valence-corrected chi connectivity index (χ2v) is 6.82. The Kier molecular flexibility index (Phi) is 4.59. The summed E-state index contributed by atoms with van der Waals surface area (Å²) < 4.78 is 0. The van der Waals surface area contributed by atoms with Crippen LogP contribution < -0.4 is 4.90 Å². The second-order valence-electron chi connectivity index (χ2n) is 6.82. The predicted octanol–water partition coefficient (Wildman–Crippen LogP) is 2.45. The molecule has 25 heavy (non-hydrogen) atoms. The maximum absolute atomic E-state index is 13.2. The highest BCUT2D eigenvalue weighted by atomic mass is 16.2. The van der Waals surface area contributed by atoms with E-state index in [2.05, 4.69) is 24.8 Å². The fourth-order valence-electron chi connectivity index (χ4n) is 4.04. The Morgan fingerprint density at radius 2 is 1.84 bits per heavy atom. The van der Waals surface area contributed by atoms with Crippen molar-refractivity contribution in [3.8, 4) is 0 Å². The molecular weight excluding hydrogens is 314 g/mol. The van der Waals surface area contributed by atoms with E-state index < -0.39 is 0 Å². The zero-order valence-corrected chi connectivity index (χ0v) is 14.3. The van der Waals surface area contributed by atoms with Crippen molar-refractivity contribution in [2.75, 3.05) is 24.5 Å². The van der Waals surface area contributed by atoms with E-state index in [1.807, 2.05) is 24.5 Å². The van der Waals surface area contributed by atoms with Crippen molar-refractivity contribution < 1.29 is 4.79 Å². The average Bonchev–Trinajstić information content (AvgIpc) is 3.19. The van der Waals surface area contributed by atoms with E-state index in [-0.39, 0.29) is 17.9 Å². The van der Waals surface area contributed by atoms with Crippen molar-refractivity contribution in [2.45, 2.75) is 31.7 Å². The lowest BCUT2D eigenvalue weighted by Gasteiger charge is -2.36. The molecule has 2 aromatic heterocycles. The van der Waals surface area contributed by atoms with Gasteiger partial charge in [-0.15, -0.1) is 0 Å². The topological polar surface area (TPSA) is 62.2 Å². The standard InChI is InChI=1S/C19H23N5O/c25-19(24-12-2-4-17(24)15-5-7-20-8-6-15)16-3-1-11-23(14-16)18-13-21-9-10-22-18/h5-10,13,16-17H,1-4,11-12,14H2/t16-,17-/m1/s1. The Bertz CT molecular complexity index is 708. The van der Waals surface area contributed by atoms with Crippen molar-refractivity contribution in [2.24, 2.45) is 5.92 Å². The van der Waals surface area contributed by atoms with E-state index in [4.69, 9.17) is 0 Å². The molecule has 0 radical (unpaired) electrons. The number of aromatic nitrogens is 3. The molecule has 6 heteroatoms. The first kappa shape index (κ1) is 16.0. The highest BCUT2D eigenvalue weighted by molar-refractivity contribution is 5.80. The summed E-state index contributed by atoms with van der Waals surface area (Å²) in [4.78, 5) is 30.1. The number of carbonyl (C=O) groups is 1. The summed E-state index contributed by atoms with van der Waals surface area (Å²) in [5.74, 6) is 1.19. The van der Waals surface area contributed by atoms with Crippen molar-refractivity contribution >= 4 is 11.7 Å². The molecule has 0 N–H and O–H groups in total. The van der Waals surface area contributed by atoms with Gasteiger partial charge in [0, 0.05) is 44.4 Å². The van der Waals surface area contributed by atoms with Crippen molar-refractivity contribution in [3.63, 3.8) is 0 Å². The minimum atomic E-state index is 0.0400. The van der Waals surface area contributed by atoms with Gasteiger partial charge < -0.3 is 9.80 Å². The van der Waals surface area contributed by atoms with Crippen LogP contribution >= 0.6 is 0 Å². The van der Waals surface area contributed by atoms with E-state index in [1.54, 1.807) is 18.6 Å². The highest BCUT2D eigenvalue weighted by Crippen LogP contribution is 2.34. The maximum atomic E-state index is 13.2. The summed E-state index contributed by atoms with van der Waals surface area (Å²) in [6.07, 6.45) is 12.9. The van der Waals surface area contributed by atoms with E-state index in [0.717, 1.165) is 51.1 Å². The summed E-state index contributed by atoms with van der Waals surface area (Å²) in [6, 6.07) is 4.26. The number of carbonyl (C=O) groups excluding carboxylic acids is 1. The Labute approximate surface area is 147 Å². The molecule has 0 aliphatic carbocycles. The van der Waals surface area contributed by atoms with Gasteiger partial charge in [-0.1, -0.05) is 0 Å². The monoisotopic (exact) mass is 337 g/mol. The first-order chi connectivity index (χ1) is 12.3. The molecule has 0 saturated carbocycles. The summed E-state index contributed by atoms with van der Waals surface area (Å²) in [5.41, 5.74) is 1.20. The van der Waals surface area contributed by atoms with Crippen LogP contribution in [0.3, 0.4) is 0 Å². The summed E-state index contributed by atoms with van der Waals surface area (Å²) in [7, 11) is 0. The van der Waals surface area contributed by atoms with Crippen molar-refractivity contribution in [1.29, 1.82) is 0 Å². The highest BCUT2D eigenvalue weighted by Gasteiger charge is 2.36. The minimum Gasteiger partial charge on any atom is -0.355 e. The number of hydrogen-bond acceptors (Lipinski definition) is 5. The molecule has 2 saturated heterocycles. The van der Waals surface area contributed by atoms with Gasteiger partial charge in [0.05, 0.1) is 18.2 Å². The molecular formula is C19H23N5O. The van der Waals surface area contributed by atoms with Crippen LogP contribution in [0.2, 0.25) is 0 Å². The zero-order valence-electron chi connectivity index (χ0n) is 14.3. The molecule has 2 fully saturated rings. The Morgan fingerprint density at radius 1 is 1.00 bits per heavy atom. The third-order valence-corrected chi connectivity index (χ3v) is 5.27. The van der Waals surface area contributed by atoms with Gasteiger partial charge in [0.15, 0.2) is 0 Å². The number of likely N-dealkylation sites (tertiary alicyclic amines) is 1. The van der Waals surface area contributed by atoms with E-state index in [1.165, 1.54) is 5.56 Å². The van der Waals surface area contributed by atoms with Gasteiger partial charge in [-0.3, -0.25) is 14.8 Å². The molecule has 0 spiro atoms. The van der Waals surface area contributed by atoms with Crippen molar-refractivity contribution in [3.05, 3.63) is 48.7 Å². The first-order valence-corrected chi connectivity index (χ1v) is 9.04. The number of hydrogen-bond donors (Lipinski definition) is 0. The normalized spacial score (nSPS) is 23.7. The largest absolute Gasteiger partial charge is 0.355 e. The SMILES string of the molecule is O=C([C@@H]1CCCN(c2cnccn2)C1)N1CCC[C@@H]1c1ccncc1. The lowest BCUT2D eigenvalue weighted by Crippen LogP contribution is -2.45. The van der Waals surface area contributed by atoms with Crippen LogP contribution in [0.1, 0.15) is 37.3 Å². The van der Waals surface area contributed by atoms with Gasteiger partial charge in [-0.2, -0.15) is 0 Å². The third-order valence-electron chi connectivity index (χ3n) is 5.27. The number of pyridine rings is 1. The number of piperidine rings is 1. The van der Waals surface area contributed by atoms with Crippen LogP contribution in [-0.2, 0) is 4.79 Å². The van der Waals surface area contributed by atoms with Gasteiger partial charge in [0.2, 0.25) is 5.91 Å². The Hall–Kier alpha value is -2.50. The molecule has 1 amide bonds. The fourth-order valence-corrected chi connectivity index (χ4v) is 4.04. The van der Waals surface area contributed by atoms with Crippen LogP contribution in [-0.4, -0.2) is 45.4 Å². The molecule has 2 atom stereocenters. The average molecular weight is 337 g/mol. The molecule has 2 aromatic rings. The summed E-state index contributed by atoms with van der Waals surface area (Å²) in [5, 5.41) is 0. The number of rotatable bonds is 3. The molecule has 0 aromatic carbocycles. The smallest absolute Gasteiger partial charge is 0.227 e. The van der Waals surface area contributed by atoms with Crippen LogP contribution in [0.25, 0.3) is 0 Å². The summed E-state index contributed by atoms with van der Waals surface area (Å²) >= 11 is 0. The maximum Gasteiger partial charge on any atom is 0.227 e. The van der Waals surface area contributed by atoms with E-state index in [9.17, 15) is 4.79 Å². The Morgan fingerprint density at radius 3 is 2.64 bits per heavy atom. The van der Waals surface area contributed by atoms with Gasteiger partial charge in [-0.25, -0.2) is 4.98 Å². The fraction of sp³-hybridized carbons (Fsp3) is 0.474. The molecule has 0 bridgehead atoms. The van der Waals surface area contributed by atoms with E-state index in [0.29, 0.717) is 0 Å². The van der Waals surface area contributed by atoms with Gasteiger partial charge in [0.25, 0.3) is 0 Å².